The molecule has 1 aromatic carbocycles. The number of carbonyl (C=O) groups is 1. The van der Waals surface area contributed by atoms with Crippen molar-refractivity contribution in [2.45, 2.75) is 31.9 Å². The number of hydrogen-bond acceptors (Lipinski definition) is 4. The van der Waals surface area contributed by atoms with E-state index in [2.05, 4.69) is 5.32 Å². The number of amides is 1. The van der Waals surface area contributed by atoms with Crippen LogP contribution in [0.15, 0.2) is 18.2 Å². The molecule has 0 aromatic heterocycles. The van der Waals surface area contributed by atoms with Gasteiger partial charge in [-0.1, -0.05) is 6.07 Å². The van der Waals surface area contributed by atoms with Crippen LogP contribution in [-0.2, 0) is 4.79 Å². The van der Waals surface area contributed by atoms with Gasteiger partial charge in [0.2, 0.25) is 0 Å². The minimum absolute atomic E-state index is 0.0601. The molecule has 0 saturated carbocycles. The third-order valence-corrected chi connectivity index (χ3v) is 3.08. The highest BCUT2D eigenvalue weighted by Crippen LogP contribution is 2.32. The van der Waals surface area contributed by atoms with Crippen LogP contribution in [0.4, 0.5) is 5.69 Å². The van der Waals surface area contributed by atoms with Crippen molar-refractivity contribution in [2.24, 2.45) is 11.5 Å². The summed E-state index contributed by atoms with van der Waals surface area (Å²) in [5.41, 5.74) is 13.2. The third-order valence-electron chi connectivity index (χ3n) is 3.08. The molecule has 2 atom stereocenters. The minimum Gasteiger partial charge on any atom is -0.479 e. The molecule has 5 N–H and O–H groups in total. The fourth-order valence-corrected chi connectivity index (χ4v) is 1.96. The second-order valence-corrected chi connectivity index (χ2v) is 4.54. The summed E-state index contributed by atoms with van der Waals surface area (Å²) in [7, 11) is 0. The Kier molecular flexibility index (Phi) is 3.84. The normalized spacial score (nSPS) is 19.7. The Balaban J connectivity index is 2.17. The maximum Gasteiger partial charge on any atom is 0.265 e. The molecule has 0 bridgehead atoms. The zero-order chi connectivity index (χ0) is 13.1. The van der Waals surface area contributed by atoms with E-state index < -0.39 is 6.10 Å². The van der Waals surface area contributed by atoms with E-state index in [9.17, 15) is 4.79 Å². The molecule has 5 heteroatoms. The van der Waals surface area contributed by atoms with Gasteiger partial charge in [-0.15, -0.1) is 0 Å². The molecule has 0 aliphatic carbocycles. The van der Waals surface area contributed by atoms with Crippen molar-refractivity contribution in [3.63, 3.8) is 0 Å². The molecular weight excluding hydrogens is 230 g/mol. The highest BCUT2D eigenvalue weighted by Gasteiger charge is 2.23. The molecule has 0 saturated heterocycles. The number of rotatable bonds is 4. The van der Waals surface area contributed by atoms with E-state index in [1.54, 1.807) is 6.92 Å². The highest BCUT2D eigenvalue weighted by molar-refractivity contribution is 5.97. The number of ether oxygens (including phenoxy) is 1. The quantitative estimate of drug-likeness (QED) is 0.746. The summed E-state index contributed by atoms with van der Waals surface area (Å²) in [6.07, 6.45) is 1.27. The van der Waals surface area contributed by atoms with Crippen LogP contribution in [0, 0.1) is 0 Å². The van der Waals surface area contributed by atoms with Crippen LogP contribution in [0.1, 0.15) is 31.4 Å². The van der Waals surface area contributed by atoms with Gasteiger partial charge in [-0.3, -0.25) is 4.79 Å². The maximum atomic E-state index is 11.5. The van der Waals surface area contributed by atoms with Gasteiger partial charge in [0, 0.05) is 6.04 Å². The second-order valence-electron chi connectivity index (χ2n) is 4.54. The molecule has 0 radical (unpaired) electrons. The van der Waals surface area contributed by atoms with Crippen molar-refractivity contribution < 1.29 is 9.53 Å². The molecule has 5 nitrogen and oxygen atoms in total. The topological polar surface area (TPSA) is 90.4 Å². The number of hydrogen-bond donors (Lipinski definition) is 3. The first-order valence-electron chi connectivity index (χ1n) is 6.19. The smallest absolute Gasteiger partial charge is 0.265 e. The van der Waals surface area contributed by atoms with Crippen molar-refractivity contribution in [1.82, 2.24) is 0 Å². The molecule has 2 rings (SSSR count). The fourth-order valence-electron chi connectivity index (χ4n) is 1.96. The van der Waals surface area contributed by atoms with Gasteiger partial charge in [0.15, 0.2) is 6.10 Å². The van der Waals surface area contributed by atoms with Crippen LogP contribution in [0.25, 0.3) is 0 Å². The number of nitrogens with two attached hydrogens (primary N) is 2. The number of benzene rings is 1. The van der Waals surface area contributed by atoms with Gasteiger partial charge < -0.3 is 21.5 Å². The van der Waals surface area contributed by atoms with Gasteiger partial charge >= 0.3 is 0 Å². The summed E-state index contributed by atoms with van der Waals surface area (Å²) in [5, 5.41) is 2.82. The molecule has 1 amide bonds. The van der Waals surface area contributed by atoms with Crippen LogP contribution in [0.5, 0.6) is 5.75 Å². The van der Waals surface area contributed by atoms with Crippen molar-refractivity contribution in [1.29, 1.82) is 0 Å². The Morgan fingerprint density at radius 2 is 2.28 bits per heavy atom. The molecule has 1 aromatic rings. The average molecular weight is 249 g/mol. The third kappa shape index (κ3) is 2.63. The second kappa shape index (κ2) is 5.37. The Morgan fingerprint density at radius 1 is 1.50 bits per heavy atom. The van der Waals surface area contributed by atoms with E-state index in [4.69, 9.17) is 16.2 Å². The summed E-state index contributed by atoms with van der Waals surface area (Å²) >= 11 is 0. The summed E-state index contributed by atoms with van der Waals surface area (Å²) in [6, 6.07) is 5.60. The lowest BCUT2D eigenvalue weighted by Crippen LogP contribution is -2.34. The predicted octanol–water partition coefficient (Wildman–Crippen LogP) is 1.14. The first-order chi connectivity index (χ1) is 8.61. The summed E-state index contributed by atoms with van der Waals surface area (Å²) in [5.74, 6) is 0.562. The largest absolute Gasteiger partial charge is 0.479 e. The molecule has 1 aliphatic heterocycles. The van der Waals surface area contributed by atoms with Gasteiger partial charge in [0.05, 0.1) is 5.69 Å². The first-order valence-corrected chi connectivity index (χ1v) is 6.19. The van der Waals surface area contributed by atoms with Crippen molar-refractivity contribution in [3.8, 4) is 5.75 Å². The van der Waals surface area contributed by atoms with Crippen molar-refractivity contribution >= 4 is 11.6 Å². The lowest BCUT2D eigenvalue weighted by Gasteiger charge is -2.24. The summed E-state index contributed by atoms with van der Waals surface area (Å²) < 4.78 is 5.49. The molecule has 1 heterocycles. The molecule has 0 fully saturated rings. The van der Waals surface area contributed by atoms with Crippen LogP contribution in [0.3, 0.4) is 0 Å². The van der Waals surface area contributed by atoms with Gasteiger partial charge in [0.1, 0.15) is 5.75 Å². The Hall–Kier alpha value is -1.59. The summed E-state index contributed by atoms with van der Waals surface area (Å²) in [6.45, 7) is 2.36. The van der Waals surface area contributed by atoms with Gasteiger partial charge in [0.25, 0.3) is 5.91 Å². The monoisotopic (exact) mass is 249 g/mol. The lowest BCUT2D eigenvalue weighted by atomic mass is 10.0. The van der Waals surface area contributed by atoms with E-state index in [1.807, 2.05) is 18.2 Å². The number of anilines is 1. The predicted molar refractivity (Wildman–Crippen MR) is 70.4 cm³/mol. The van der Waals surface area contributed by atoms with E-state index in [-0.39, 0.29) is 11.9 Å². The van der Waals surface area contributed by atoms with Crippen molar-refractivity contribution in [2.75, 3.05) is 11.9 Å². The van der Waals surface area contributed by atoms with Gasteiger partial charge in [-0.2, -0.15) is 0 Å². The van der Waals surface area contributed by atoms with E-state index in [0.29, 0.717) is 18.0 Å². The molecule has 98 valence electrons. The first kappa shape index (κ1) is 12.9. The van der Waals surface area contributed by atoms with E-state index >= 15 is 0 Å². The highest BCUT2D eigenvalue weighted by atomic mass is 16.5. The van der Waals surface area contributed by atoms with Crippen LogP contribution in [-0.4, -0.2) is 18.6 Å². The maximum absolute atomic E-state index is 11.5. The zero-order valence-corrected chi connectivity index (χ0v) is 10.5. The Morgan fingerprint density at radius 3 is 3.00 bits per heavy atom. The van der Waals surface area contributed by atoms with Gasteiger partial charge in [-0.05, 0) is 44.0 Å². The fraction of sp³-hybridized carbons (Fsp3) is 0.462. The standard InChI is InChI=1S/C13H19N3O2/c1-8-13(17)16-11-7-9(4-5-12(11)18-8)10(15)3-2-6-14/h4-5,7-8,10H,2-3,6,14-15H2,1H3,(H,16,17). The minimum atomic E-state index is -0.450. The van der Waals surface area contributed by atoms with Crippen molar-refractivity contribution in [3.05, 3.63) is 23.8 Å². The van der Waals surface area contributed by atoms with E-state index in [1.165, 1.54) is 0 Å². The van der Waals surface area contributed by atoms with Crippen LogP contribution in [0.2, 0.25) is 0 Å². The molecule has 1 aliphatic rings. The van der Waals surface area contributed by atoms with Crippen LogP contribution >= 0.6 is 0 Å². The molecule has 18 heavy (non-hydrogen) atoms. The Labute approximate surface area is 106 Å². The number of fused-ring (bicyclic) bond motifs is 1. The van der Waals surface area contributed by atoms with Gasteiger partial charge in [-0.25, -0.2) is 0 Å². The Bertz CT molecular complexity index is 448. The SMILES string of the molecule is CC1Oc2ccc(C(N)CCCN)cc2NC1=O. The molecule has 0 spiro atoms. The van der Waals surface area contributed by atoms with E-state index in [0.717, 1.165) is 18.4 Å². The summed E-state index contributed by atoms with van der Waals surface area (Å²) in [4.78, 5) is 11.5. The van der Waals surface area contributed by atoms with Crippen LogP contribution < -0.4 is 21.5 Å². The average Bonchev–Trinajstić information content (AvgIpc) is 2.36. The molecule has 2 unspecified atom stereocenters. The molecular formula is C13H19N3O2. The zero-order valence-electron chi connectivity index (χ0n) is 10.5. The number of carbonyl (C=O) groups excluding carboxylic acids is 1. The number of nitrogens with one attached hydrogen (secondary N) is 1. The lowest BCUT2D eigenvalue weighted by molar-refractivity contribution is -0.122.